The molecule has 0 radical (unpaired) electrons. The van der Waals surface area contributed by atoms with Gasteiger partial charge in [-0.25, -0.2) is 13.2 Å². The predicted octanol–water partition coefficient (Wildman–Crippen LogP) is 2.55. The van der Waals surface area contributed by atoms with Crippen LogP contribution in [-0.2, 0) is 16.3 Å². The van der Waals surface area contributed by atoms with Gasteiger partial charge in [0.25, 0.3) is 5.91 Å². The van der Waals surface area contributed by atoms with Crippen molar-refractivity contribution in [2.24, 2.45) is 0 Å². The van der Waals surface area contributed by atoms with E-state index in [1.165, 1.54) is 6.07 Å². The van der Waals surface area contributed by atoms with Gasteiger partial charge in [-0.2, -0.15) is 0 Å². The Kier molecular flexibility index (Phi) is 5.05. The molecule has 0 spiro atoms. The highest BCUT2D eigenvalue weighted by atomic mass is 32.2. The summed E-state index contributed by atoms with van der Waals surface area (Å²) in [4.78, 5) is 26.6. The molecule has 0 aliphatic carbocycles. The molecule has 4 N–H and O–H groups in total. The van der Waals surface area contributed by atoms with E-state index in [2.05, 4.69) is 10.6 Å². The largest absolute Gasteiger partial charge is 0.399 e. The lowest BCUT2D eigenvalue weighted by Gasteiger charge is -2.21. The Morgan fingerprint density at radius 3 is 2.39 bits per heavy atom. The summed E-state index contributed by atoms with van der Waals surface area (Å²) < 4.78 is 27.0. The number of hydrogen-bond donors (Lipinski definition) is 3. The van der Waals surface area contributed by atoms with Crippen LogP contribution in [-0.4, -0.2) is 38.8 Å². The van der Waals surface area contributed by atoms with E-state index in [-0.39, 0.29) is 17.3 Å². The second-order valence-corrected chi connectivity index (χ2v) is 10.1. The molecule has 168 valence electrons. The third-order valence-corrected chi connectivity index (χ3v) is 8.00. The van der Waals surface area contributed by atoms with Crippen molar-refractivity contribution in [1.82, 2.24) is 10.6 Å². The topological polar surface area (TPSA) is 122 Å². The molecular weight excluding hydrogens is 440 g/mol. The molecular formula is C24H22N4O4S. The summed E-state index contributed by atoms with van der Waals surface area (Å²) in [5.74, 6) is -0.171. The number of nitrogens with one attached hydrogen (secondary N) is 2. The van der Waals surface area contributed by atoms with Crippen LogP contribution in [0.15, 0.2) is 71.6 Å². The Morgan fingerprint density at radius 1 is 1.00 bits per heavy atom. The number of nitrogen functional groups attached to an aromatic ring is 1. The highest BCUT2D eigenvalue weighted by Crippen LogP contribution is 2.41. The number of urea groups is 1. The molecule has 2 aliphatic heterocycles. The Hall–Kier alpha value is -3.85. The normalized spacial score (nSPS) is 17.4. The van der Waals surface area contributed by atoms with Crippen molar-refractivity contribution in [2.75, 3.05) is 23.7 Å². The molecule has 1 saturated heterocycles. The Bertz CT molecular complexity index is 1360. The number of hydrogen-bond acceptors (Lipinski definition) is 5. The van der Waals surface area contributed by atoms with E-state index < -0.39 is 21.2 Å². The summed E-state index contributed by atoms with van der Waals surface area (Å²) in [6, 6.07) is 18.7. The van der Waals surface area contributed by atoms with Crippen LogP contribution < -0.4 is 21.3 Å². The maximum Gasteiger partial charge on any atom is 0.315 e. The van der Waals surface area contributed by atoms with Crippen LogP contribution in [0.5, 0.6) is 0 Å². The van der Waals surface area contributed by atoms with E-state index in [1.54, 1.807) is 35.2 Å². The molecule has 3 aromatic rings. The summed E-state index contributed by atoms with van der Waals surface area (Å²) >= 11 is 0. The first-order valence-corrected chi connectivity index (χ1v) is 12.1. The van der Waals surface area contributed by atoms with E-state index in [9.17, 15) is 18.0 Å². The third-order valence-electron chi connectivity index (χ3n) is 6.01. The van der Waals surface area contributed by atoms with E-state index >= 15 is 0 Å². The van der Waals surface area contributed by atoms with Gasteiger partial charge in [-0.15, -0.1) is 0 Å². The molecule has 5 rings (SSSR count). The quantitative estimate of drug-likeness (QED) is 0.515. The molecule has 2 heterocycles. The Labute approximate surface area is 191 Å². The fraction of sp³-hybridized carbons (Fsp3) is 0.167. The van der Waals surface area contributed by atoms with Crippen molar-refractivity contribution in [3.05, 3.63) is 77.9 Å². The maximum atomic E-state index is 13.5. The van der Waals surface area contributed by atoms with Crippen LogP contribution in [0.25, 0.3) is 11.1 Å². The zero-order valence-corrected chi connectivity index (χ0v) is 18.4. The summed E-state index contributed by atoms with van der Waals surface area (Å²) in [5.41, 5.74) is 9.62. The lowest BCUT2D eigenvalue weighted by Crippen LogP contribution is -2.35. The van der Waals surface area contributed by atoms with E-state index in [0.29, 0.717) is 35.5 Å². The first-order valence-electron chi connectivity index (χ1n) is 10.5. The number of benzene rings is 3. The summed E-state index contributed by atoms with van der Waals surface area (Å²) in [6.07, 6.45) is 0.513. The summed E-state index contributed by atoms with van der Waals surface area (Å²) in [6.45, 7) is 0.428. The van der Waals surface area contributed by atoms with Crippen molar-refractivity contribution >= 4 is 33.2 Å². The zero-order valence-electron chi connectivity index (χ0n) is 17.6. The van der Waals surface area contributed by atoms with Gasteiger partial charge in [-0.05, 0) is 53.9 Å². The number of fused-ring (bicyclic) bond motifs is 1. The van der Waals surface area contributed by atoms with Gasteiger partial charge in [0.15, 0.2) is 5.37 Å². The molecule has 2 aliphatic rings. The predicted molar refractivity (Wildman–Crippen MR) is 126 cm³/mol. The van der Waals surface area contributed by atoms with Crippen LogP contribution >= 0.6 is 0 Å². The molecule has 8 nitrogen and oxygen atoms in total. The minimum atomic E-state index is -3.88. The van der Waals surface area contributed by atoms with Crippen LogP contribution in [0, 0.1) is 0 Å². The van der Waals surface area contributed by atoms with Crippen LogP contribution in [0.2, 0.25) is 0 Å². The lowest BCUT2D eigenvalue weighted by molar-refractivity contribution is 0.0989. The summed E-state index contributed by atoms with van der Waals surface area (Å²) in [5, 5.41) is 3.93. The molecule has 1 unspecified atom stereocenters. The summed E-state index contributed by atoms with van der Waals surface area (Å²) in [7, 11) is -3.88. The molecule has 33 heavy (non-hydrogen) atoms. The number of carbonyl (C=O) groups excluding carboxylic acids is 2. The maximum absolute atomic E-state index is 13.5. The molecule has 0 saturated carbocycles. The molecule has 0 aromatic heterocycles. The number of nitrogens with two attached hydrogens (primary N) is 1. The number of nitrogens with zero attached hydrogens (tertiary/aromatic N) is 1. The van der Waals surface area contributed by atoms with Gasteiger partial charge in [0.05, 0.1) is 11.4 Å². The van der Waals surface area contributed by atoms with Gasteiger partial charge in [0, 0.05) is 29.0 Å². The van der Waals surface area contributed by atoms with Crippen molar-refractivity contribution < 1.29 is 18.0 Å². The Morgan fingerprint density at radius 2 is 1.73 bits per heavy atom. The highest BCUT2D eigenvalue weighted by Gasteiger charge is 2.38. The van der Waals surface area contributed by atoms with Crippen LogP contribution in [0.4, 0.5) is 16.2 Å². The first-order chi connectivity index (χ1) is 15.9. The molecule has 1 fully saturated rings. The number of carbonyl (C=O) groups is 2. The van der Waals surface area contributed by atoms with Crippen molar-refractivity contribution in [3.63, 3.8) is 0 Å². The smallest absolute Gasteiger partial charge is 0.315 e. The minimum Gasteiger partial charge on any atom is -0.399 e. The molecule has 0 bridgehead atoms. The molecule has 3 aromatic carbocycles. The van der Waals surface area contributed by atoms with Crippen molar-refractivity contribution in [3.8, 4) is 11.1 Å². The third kappa shape index (κ3) is 3.60. The van der Waals surface area contributed by atoms with Crippen molar-refractivity contribution in [1.29, 1.82) is 0 Å². The Balaban J connectivity index is 1.63. The highest BCUT2D eigenvalue weighted by molar-refractivity contribution is 7.92. The van der Waals surface area contributed by atoms with Crippen molar-refractivity contribution in [2.45, 2.75) is 16.7 Å². The average molecular weight is 463 g/mol. The molecule has 3 amide bonds. The monoisotopic (exact) mass is 462 g/mol. The fourth-order valence-electron chi connectivity index (χ4n) is 4.39. The van der Waals surface area contributed by atoms with Gasteiger partial charge in [0.1, 0.15) is 0 Å². The van der Waals surface area contributed by atoms with E-state index in [0.717, 1.165) is 11.1 Å². The lowest BCUT2D eigenvalue weighted by atomic mass is 9.97. The van der Waals surface area contributed by atoms with Crippen LogP contribution in [0.3, 0.4) is 0 Å². The molecule has 9 heteroatoms. The average Bonchev–Trinajstić information content (AvgIpc) is 3.46. The number of anilines is 2. The second-order valence-electron chi connectivity index (χ2n) is 8.02. The van der Waals surface area contributed by atoms with Gasteiger partial charge in [-0.1, -0.05) is 30.3 Å². The van der Waals surface area contributed by atoms with E-state index in [4.69, 9.17) is 5.73 Å². The second kappa shape index (κ2) is 7.93. The SMILES string of the molecule is Nc1ccc(C(=O)N2CCc3c2ccc(S(=O)(=O)C2CNC(=O)N2)c3-c2ccccc2)cc1. The molecule has 1 atom stereocenters. The first kappa shape index (κ1) is 21.0. The van der Waals surface area contributed by atoms with Gasteiger partial charge < -0.3 is 21.3 Å². The van der Waals surface area contributed by atoms with Gasteiger partial charge in [-0.3, -0.25) is 4.79 Å². The fourth-order valence-corrected chi connectivity index (χ4v) is 6.05. The standard InChI is InChI=1S/C24H22N4O4S/c25-17-8-6-16(7-9-17)23(29)28-13-12-18-19(28)10-11-20(22(18)15-4-2-1-3-5-15)33(31,32)21-14-26-24(30)27-21/h1-11,21H,12-14,25H2,(H2,26,27,30). The number of rotatable bonds is 4. The zero-order chi connectivity index (χ0) is 23.2. The number of amides is 3. The van der Waals surface area contributed by atoms with E-state index in [1.807, 2.05) is 30.3 Å². The minimum absolute atomic E-state index is 0.00572. The van der Waals surface area contributed by atoms with Crippen LogP contribution in [0.1, 0.15) is 15.9 Å². The van der Waals surface area contributed by atoms with Gasteiger partial charge >= 0.3 is 6.03 Å². The number of sulfone groups is 1. The van der Waals surface area contributed by atoms with Gasteiger partial charge in [0.2, 0.25) is 9.84 Å².